The molecule has 1 aromatic heterocycles. The van der Waals surface area contributed by atoms with Crippen molar-refractivity contribution in [2.24, 2.45) is 5.92 Å². The number of ether oxygens (including phenoxy) is 1. The lowest BCUT2D eigenvalue weighted by Crippen LogP contribution is -2.34. The summed E-state index contributed by atoms with van der Waals surface area (Å²) >= 11 is 0. The molecule has 2 aliphatic heterocycles. The molecule has 0 aliphatic carbocycles. The van der Waals surface area contributed by atoms with Crippen LogP contribution in [0, 0.1) is 5.92 Å². The topological polar surface area (TPSA) is 80.1 Å². The zero-order valence-corrected chi connectivity index (χ0v) is 14.8. The molecule has 0 unspecified atom stereocenters. The van der Waals surface area contributed by atoms with E-state index in [4.69, 9.17) is 9.15 Å². The Morgan fingerprint density at radius 2 is 2.04 bits per heavy atom. The Morgan fingerprint density at radius 3 is 2.85 bits per heavy atom. The molecule has 1 atom stereocenters. The molecule has 27 heavy (non-hydrogen) atoms. The van der Waals surface area contributed by atoms with E-state index in [-0.39, 0.29) is 31.4 Å². The highest BCUT2D eigenvalue weighted by atomic mass is 16.5. The lowest BCUT2D eigenvalue weighted by molar-refractivity contribution is -0.151. The minimum atomic E-state index is -0.550. The SMILES string of the molecule is O=C(OCC(=O)N1CCc2ccccc21)[C@@H]1CC(=O)N(Cc2ccco2)C1. The fourth-order valence-electron chi connectivity index (χ4n) is 3.60. The van der Waals surface area contributed by atoms with Crippen molar-refractivity contribution in [3.8, 4) is 0 Å². The van der Waals surface area contributed by atoms with Crippen LogP contribution in [-0.4, -0.2) is 42.4 Å². The highest BCUT2D eigenvalue weighted by molar-refractivity contribution is 5.97. The Morgan fingerprint density at radius 1 is 1.19 bits per heavy atom. The number of anilines is 1. The zero-order chi connectivity index (χ0) is 18.8. The van der Waals surface area contributed by atoms with Gasteiger partial charge in [-0.1, -0.05) is 18.2 Å². The summed E-state index contributed by atoms with van der Waals surface area (Å²) in [5.41, 5.74) is 1.99. The van der Waals surface area contributed by atoms with E-state index in [1.807, 2.05) is 24.3 Å². The number of furan rings is 1. The number of hydrogen-bond donors (Lipinski definition) is 0. The summed E-state index contributed by atoms with van der Waals surface area (Å²) in [5.74, 6) is -0.754. The molecule has 140 valence electrons. The molecule has 0 bridgehead atoms. The lowest BCUT2D eigenvalue weighted by atomic mass is 10.1. The van der Waals surface area contributed by atoms with Crippen LogP contribution in [0.2, 0.25) is 0 Å². The highest BCUT2D eigenvalue weighted by Crippen LogP contribution is 2.27. The predicted octanol–water partition coefficient (Wildman–Crippen LogP) is 1.76. The van der Waals surface area contributed by atoms with Crippen molar-refractivity contribution in [1.29, 1.82) is 0 Å². The van der Waals surface area contributed by atoms with E-state index in [1.165, 1.54) is 0 Å². The van der Waals surface area contributed by atoms with Crippen molar-refractivity contribution < 1.29 is 23.5 Å². The molecule has 0 radical (unpaired) electrons. The third kappa shape index (κ3) is 3.58. The molecule has 1 fully saturated rings. The predicted molar refractivity (Wildman–Crippen MR) is 95.7 cm³/mol. The molecular weight excluding hydrogens is 348 g/mol. The zero-order valence-electron chi connectivity index (χ0n) is 14.8. The largest absolute Gasteiger partial charge is 0.467 e. The molecule has 3 heterocycles. The average molecular weight is 368 g/mol. The van der Waals surface area contributed by atoms with Gasteiger partial charge in [0.05, 0.1) is 18.7 Å². The van der Waals surface area contributed by atoms with Gasteiger partial charge in [0.2, 0.25) is 5.91 Å². The molecule has 1 aromatic carbocycles. The average Bonchev–Trinajstić information content (AvgIpc) is 3.40. The Hall–Kier alpha value is -3.09. The Balaban J connectivity index is 1.30. The monoisotopic (exact) mass is 368 g/mol. The van der Waals surface area contributed by atoms with Gasteiger partial charge in [-0.25, -0.2) is 0 Å². The van der Waals surface area contributed by atoms with Crippen molar-refractivity contribution in [2.45, 2.75) is 19.4 Å². The first-order valence-electron chi connectivity index (χ1n) is 8.97. The maximum Gasteiger partial charge on any atom is 0.311 e. The van der Waals surface area contributed by atoms with Crippen molar-refractivity contribution in [2.75, 3.05) is 24.6 Å². The van der Waals surface area contributed by atoms with Crippen LogP contribution in [0.5, 0.6) is 0 Å². The molecule has 4 rings (SSSR count). The molecule has 2 aromatic rings. The van der Waals surface area contributed by atoms with Crippen LogP contribution < -0.4 is 4.90 Å². The van der Waals surface area contributed by atoms with E-state index < -0.39 is 11.9 Å². The fraction of sp³-hybridized carbons (Fsp3) is 0.350. The van der Waals surface area contributed by atoms with Gasteiger partial charge in [0.15, 0.2) is 6.61 Å². The second-order valence-electron chi connectivity index (χ2n) is 6.79. The number of rotatable bonds is 5. The van der Waals surface area contributed by atoms with Crippen LogP contribution in [0.3, 0.4) is 0 Å². The molecule has 2 aliphatic rings. The smallest absolute Gasteiger partial charge is 0.311 e. The number of hydrogen-bond acceptors (Lipinski definition) is 5. The van der Waals surface area contributed by atoms with Crippen LogP contribution in [0.25, 0.3) is 0 Å². The van der Waals surface area contributed by atoms with Crippen molar-refractivity contribution in [1.82, 2.24) is 4.90 Å². The normalized spacial score (nSPS) is 18.7. The van der Waals surface area contributed by atoms with Crippen LogP contribution in [0.15, 0.2) is 47.1 Å². The van der Waals surface area contributed by atoms with Gasteiger partial charge in [0, 0.05) is 25.2 Å². The van der Waals surface area contributed by atoms with Gasteiger partial charge in [-0.2, -0.15) is 0 Å². The molecular formula is C20H20N2O5. The molecule has 7 heteroatoms. The molecule has 0 saturated carbocycles. The van der Waals surface area contributed by atoms with Crippen LogP contribution in [0.4, 0.5) is 5.69 Å². The van der Waals surface area contributed by atoms with Gasteiger partial charge in [-0.3, -0.25) is 14.4 Å². The molecule has 1 saturated heterocycles. The number of para-hydroxylation sites is 1. The Bertz CT molecular complexity index is 861. The summed E-state index contributed by atoms with van der Waals surface area (Å²) in [6.07, 6.45) is 2.44. The van der Waals surface area contributed by atoms with Crippen molar-refractivity contribution in [3.63, 3.8) is 0 Å². The van der Waals surface area contributed by atoms with Crippen LogP contribution >= 0.6 is 0 Å². The first-order valence-corrected chi connectivity index (χ1v) is 8.97. The lowest BCUT2D eigenvalue weighted by Gasteiger charge is -2.18. The number of fused-ring (bicyclic) bond motifs is 1. The number of carbonyl (C=O) groups excluding carboxylic acids is 3. The number of esters is 1. The van der Waals surface area contributed by atoms with Gasteiger partial charge >= 0.3 is 5.97 Å². The van der Waals surface area contributed by atoms with Gasteiger partial charge in [-0.05, 0) is 30.2 Å². The van der Waals surface area contributed by atoms with E-state index in [2.05, 4.69) is 0 Å². The quantitative estimate of drug-likeness (QED) is 0.752. The van der Waals surface area contributed by atoms with Gasteiger partial charge in [0.25, 0.3) is 5.91 Å². The molecule has 2 amide bonds. The third-order valence-corrected chi connectivity index (χ3v) is 5.00. The third-order valence-electron chi connectivity index (χ3n) is 5.00. The van der Waals surface area contributed by atoms with Crippen LogP contribution in [0.1, 0.15) is 17.7 Å². The molecule has 7 nitrogen and oxygen atoms in total. The van der Waals surface area contributed by atoms with Crippen molar-refractivity contribution >= 4 is 23.5 Å². The summed E-state index contributed by atoms with van der Waals surface area (Å²) in [6, 6.07) is 11.2. The van der Waals surface area contributed by atoms with E-state index in [0.29, 0.717) is 18.8 Å². The first kappa shape index (κ1) is 17.3. The van der Waals surface area contributed by atoms with Gasteiger partial charge in [0.1, 0.15) is 5.76 Å². The second kappa shape index (κ2) is 7.26. The Labute approximate surface area is 156 Å². The van der Waals surface area contributed by atoms with E-state index >= 15 is 0 Å². The molecule has 0 N–H and O–H groups in total. The maximum absolute atomic E-state index is 12.4. The van der Waals surface area contributed by atoms with E-state index in [0.717, 1.165) is 17.7 Å². The minimum Gasteiger partial charge on any atom is -0.467 e. The highest BCUT2D eigenvalue weighted by Gasteiger charge is 2.36. The van der Waals surface area contributed by atoms with Gasteiger partial charge in [-0.15, -0.1) is 0 Å². The number of carbonyl (C=O) groups is 3. The van der Waals surface area contributed by atoms with Crippen molar-refractivity contribution in [3.05, 3.63) is 54.0 Å². The summed E-state index contributed by atoms with van der Waals surface area (Å²) < 4.78 is 10.5. The van der Waals surface area contributed by atoms with Gasteiger partial charge < -0.3 is 19.0 Å². The van der Waals surface area contributed by atoms with E-state index in [9.17, 15) is 14.4 Å². The summed E-state index contributed by atoms with van der Waals surface area (Å²) in [6.45, 7) is 0.892. The van der Waals surface area contributed by atoms with Crippen LogP contribution in [-0.2, 0) is 32.1 Å². The second-order valence-corrected chi connectivity index (χ2v) is 6.79. The maximum atomic E-state index is 12.4. The summed E-state index contributed by atoms with van der Waals surface area (Å²) in [5, 5.41) is 0. The number of nitrogens with zero attached hydrogens (tertiary/aromatic N) is 2. The summed E-state index contributed by atoms with van der Waals surface area (Å²) in [7, 11) is 0. The standard InChI is InChI=1S/C20H20N2O5/c23-18-10-15(11-21(18)12-16-5-3-9-26-16)20(25)27-13-19(24)22-8-7-14-4-1-2-6-17(14)22/h1-6,9,15H,7-8,10-13H2/t15-/m1/s1. The summed E-state index contributed by atoms with van der Waals surface area (Å²) in [4.78, 5) is 40.1. The number of amides is 2. The minimum absolute atomic E-state index is 0.0975. The number of benzene rings is 1. The molecule has 0 spiro atoms. The fourth-order valence-corrected chi connectivity index (χ4v) is 3.60. The van der Waals surface area contributed by atoms with E-state index in [1.54, 1.807) is 28.2 Å². The first-order chi connectivity index (χ1) is 13.1. The Kier molecular flexibility index (Phi) is 4.66. The number of likely N-dealkylation sites (tertiary alicyclic amines) is 1.